The summed E-state index contributed by atoms with van der Waals surface area (Å²) in [5.41, 5.74) is 1.71. The number of benzene rings is 2. The Kier molecular flexibility index (Phi) is 6.23. The van der Waals surface area contributed by atoms with Crippen LogP contribution in [0.3, 0.4) is 0 Å². The Balaban J connectivity index is 2.33. The maximum absolute atomic E-state index is 14.1. The highest BCUT2D eigenvalue weighted by atomic mass is 79.9. The van der Waals surface area contributed by atoms with Crippen LogP contribution >= 0.6 is 43.5 Å². The molecule has 0 aliphatic rings. The van der Waals surface area contributed by atoms with Crippen molar-refractivity contribution < 1.29 is 4.39 Å². The van der Waals surface area contributed by atoms with Crippen molar-refractivity contribution in [3.8, 4) is 0 Å². The molecule has 5 heteroatoms. The lowest BCUT2D eigenvalue weighted by molar-refractivity contribution is 0.526. The molecule has 1 atom stereocenters. The van der Waals surface area contributed by atoms with Crippen molar-refractivity contribution in [2.45, 2.75) is 19.4 Å². The Morgan fingerprint density at radius 1 is 1.24 bits per heavy atom. The van der Waals surface area contributed by atoms with Gasteiger partial charge in [0.05, 0.1) is 5.02 Å². The van der Waals surface area contributed by atoms with Gasteiger partial charge in [-0.3, -0.25) is 0 Å². The molecular weight excluding hydrogens is 420 g/mol. The monoisotopic (exact) mass is 433 g/mol. The van der Waals surface area contributed by atoms with E-state index in [2.05, 4.69) is 37.2 Å². The quantitative estimate of drug-likeness (QED) is 0.617. The zero-order valence-electron chi connectivity index (χ0n) is 11.5. The van der Waals surface area contributed by atoms with E-state index in [1.807, 2.05) is 25.1 Å². The van der Waals surface area contributed by atoms with Crippen molar-refractivity contribution in [3.05, 3.63) is 67.3 Å². The highest BCUT2D eigenvalue weighted by molar-refractivity contribution is 9.11. The lowest BCUT2D eigenvalue weighted by atomic mass is 9.98. The molecule has 0 saturated carbocycles. The van der Waals surface area contributed by atoms with E-state index in [4.69, 9.17) is 11.6 Å². The van der Waals surface area contributed by atoms with Crippen molar-refractivity contribution >= 4 is 43.5 Å². The molecule has 0 fully saturated rings. The van der Waals surface area contributed by atoms with Gasteiger partial charge in [0.1, 0.15) is 5.82 Å². The lowest BCUT2D eigenvalue weighted by Gasteiger charge is -2.20. The zero-order chi connectivity index (χ0) is 15.4. The van der Waals surface area contributed by atoms with E-state index in [-0.39, 0.29) is 16.9 Å². The van der Waals surface area contributed by atoms with Crippen LogP contribution in [0.25, 0.3) is 0 Å². The summed E-state index contributed by atoms with van der Waals surface area (Å²) in [6.07, 6.45) is 0.542. The summed E-state index contributed by atoms with van der Waals surface area (Å²) in [4.78, 5) is 0. The molecule has 0 aliphatic heterocycles. The minimum atomic E-state index is -0.338. The molecule has 2 aromatic rings. The third-order valence-corrected chi connectivity index (χ3v) is 4.72. The molecule has 1 N–H and O–H groups in total. The van der Waals surface area contributed by atoms with Crippen molar-refractivity contribution in [1.29, 1.82) is 0 Å². The van der Waals surface area contributed by atoms with Crippen LogP contribution in [0.15, 0.2) is 45.3 Å². The largest absolute Gasteiger partial charge is 0.310 e. The fourth-order valence-electron chi connectivity index (χ4n) is 2.25. The van der Waals surface area contributed by atoms with Crippen LogP contribution in [0.1, 0.15) is 24.1 Å². The third kappa shape index (κ3) is 4.28. The highest BCUT2D eigenvalue weighted by Gasteiger charge is 2.17. The summed E-state index contributed by atoms with van der Waals surface area (Å²) in [6, 6.07) is 11.2. The van der Waals surface area contributed by atoms with E-state index in [1.54, 1.807) is 18.2 Å². The number of hydrogen-bond acceptors (Lipinski definition) is 1. The molecule has 0 amide bonds. The summed E-state index contributed by atoms with van der Waals surface area (Å²) in [5, 5.41) is 3.56. The first kappa shape index (κ1) is 16.9. The van der Waals surface area contributed by atoms with Crippen LogP contribution in [0, 0.1) is 5.82 Å². The maximum atomic E-state index is 14.1. The molecule has 1 unspecified atom stereocenters. The Labute approximate surface area is 146 Å². The van der Waals surface area contributed by atoms with Gasteiger partial charge in [-0.05, 0) is 42.3 Å². The second-order valence-electron chi connectivity index (χ2n) is 4.69. The van der Waals surface area contributed by atoms with Gasteiger partial charge in [-0.2, -0.15) is 0 Å². The Morgan fingerprint density at radius 3 is 2.67 bits per heavy atom. The van der Waals surface area contributed by atoms with Crippen LogP contribution in [-0.2, 0) is 6.42 Å². The molecular formula is C16H15Br2ClFN. The predicted molar refractivity (Wildman–Crippen MR) is 93.4 cm³/mol. The zero-order valence-corrected chi connectivity index (χ0v) is 15.4. The molecule has 2 aromatic carbocycles. The van der Waals surface area contributed by atoms with Gasteiger partial charge in [0, 0.05) is 15.0 Å². The lowest BCUT2D eigenvalue weighted by Crippen LogP contribution is -2.23. The topological polar surface area (TPSA) is 12.0 Å². The van der Waals surface area contributed by atoms with E-state index < -0.39 is 0 Å². The Bertz CT molecular complexity index is 634. The number of rotatable bonds is 5. The summed E-state index contributed by atoms with van der Waals surface area (Å²) in [5.74, 6) is -0.338. The number of halogens is 4. The van der Waals surface area contributed by atoms with Gasteiger partial charge >= 0.3 is 0 Å². The van der Waals surface area contributed by atoms with Gasteiger partial charge in [-0.1, -0.05) is 68.6 Å². The minimum Gasteiger partial charge on any atom is -0.310 e. The molecule has 0 heterocycles. The molecule has 112 valence electrons. The number of nitrogens with one attached hydrogen (secondary N) is 1. The van der Waals surface area contributed by atoms with E-state index in [0.717, 1.165) is 21.1 Å². The average molecular weight is 436 g/mol. The Morgan fingerprint density at radius 2 is 2.00 bits per heavy atom. The molecule has 0 saturated heterocycles. The maximum Gasteiger partial charge on any atom is 0.145 e. The van der Waals surface area contributed by atoms with Gasteiger partial charge < -0.3 is 5.32 Å². The van der Waals surface area contributed by atoms with E-state index in [9.17, 15) is 4.39 Å². The van der Waals surface area contributed by atoms with Crippen molar-refractivity contribution in [1.82, 2.24) is 5.32 Å². The standard InChI is InChI=1S/C16H15Br2ClFN/c1-2-21-15(12-7-6-11(17)9-13(12)18)8-10-4-3-5-14(19)16(10)20/h3-7,9,15,21H,2,8H2,1H3. The average Bonchev–Trinajstić information content (AvgIpc) is 2.43. The molecule has 0 spiro atoms. The van der Waals surface area contributed by atoms with Gasteiger partial charge in [-0.15, -0.1) is 0 Å². The second-order valence-corrected chi connectivity index (χ2v) is 6.87. The van der Waals surface area contributed by atoms with Crippen molar-refractivity contribution in [2.24, 2.45) is 0 Å². The first-order valence-electron chi connectivity index (χ1n) is 6.64. The smallest absolute Gasteiger partial charge is 0.145 e. The minimum absolute atomic E-state index is 0.0189. The van der Waals surface area contributed by atoms with Crippen LogP contribution < -0.4 is 5.32 Å². The van der Waals surface area contributed by atoms with Crippen LogP contribution in [0.2, 0.25) is 5.02 Å². The summed E-state index contributed by atoms with van der Waals surface area (Å²) < 4.78 is 16.1. The number of hydrogen-bond donors (Lipinski definition) is 1. The first-order valence-corrected chi connectivity index (χ1v) is 8.60. The molecule has 0 aromatic heterocycles. The highest BCUT2D eigenvalue weighted by Crippen LogP contribution is 2.30. The second kappa shape index (κ2) is 7.73. The van der Waals surface area contributed by atoms with E-state index in [1.165, 1.54) is 0 Å². The Hall–Kier alpha value is -0.420. The normalized spacial score (nSPS) is 12.4. The summed E-state index contributed by atoms with van der Waals surface area (Å²) in [6.45, 7) is 2.84. The summed E-state index contributed by atoms with van der Waals surface area (Å²) >= 11 is 12.9. The van der Waals surface area contributed by atoms with Gasteiger partial charge in [0.15, 0.2) is 0 Å². The van der Waals surface area contributed by atoms with E-state index >= 15 is 0 Å². The first-order chi connectivity index (χ1) is 10.0. The van der Waals surface area contributed by atoms with Gasteiger partial charge in [0.25, 0.3) is 0 Å². The fourth-order valence-corrected chi connectivity index (χ4v) is 3.77. The summed E-state index contributed by atoms with van der Waals surface area (Å²) in [7, 11) is 0. The SMILES string of the molecule is CCNC(Cc1cccc(Cl)c1F)c1ccc(Br)cc1Br. The molecule has 0 aliphatic carbocycles. The van der Waals surface area contributed by atoms with Crippen molar-refractivity contribution in [2.75, 3.05) is 6.54 Å². The predicted octanol–water partition coefficient (Wildman–Crippen LogP) is 5.90. The molecule has 1 nitrogen and oxygen atoms in total. The number of likely N-dealkylation sites (N-methyl/N-ethyl adjacent to an activating group) is 1. The van der Waals surface area contributed by atoms with Crippen LogP contribution in [-0.4, -0.2) is 6.54 Å². The van der Waals surface area contributed by atoms with Gasteiger partial charge in [0.2, 0.25) is 0 Å². The fraction of sp³-hybridized carbons (Fsp3) is 0.250. The van der Waals surface area contributed by atoms with Crippen LogP contribution in [0.5, 0.6) is 0 Å². The van der Waals surface area contributed by atoms with Crippen molar-refractivity contribution in [3.63, 3.8) is 0 Å². The van der Waals surface area contributed by atoms with Crippen LogP contribution in [0.4, 0.5) is 4.39 Å². The molecule has 2 rings (SSSR count). The van der Waals surface area contributed by atoms with E-state index in [0.29, 0.717) is 12.0 Å². The molecule has 0 bridgehead atoms. The molecule has 21 heavy (non-hydrogen) atoms. The van der Waals surface area contributed by atoms with Gasteiger partial charge in [-0.25, -0.2) is 4.39 Å². The molecule has 0 radical (unpaired) electrons. The third-order valence-electron chi connectivity index (χ3n) is 3.24.